The fourth-order valence-electron chi connectivity index (χ4n) is 2.63. The monoisotopic (exact) mass is 590 g/mol. The van der Waals surface area contributed by atoms with E-state index in [1.54, 1.807) is 6.92 Å². The Morgan fingerprint density at radius 3 is 1.10 bits per heavy atom. The van der Waals surface area contributed by atoms with Gasteiger partial charge in [-0.25, -0.2) is 14.4 Å². The lowest BCUT2D eigenvalue weighted by Crippen LogP contribution is -2.37. The minimum Gasteiger partial charge on any atom is -0.462 e. The van der Waals surface area contributed by atoms with Crippen molar-refractivity contribution in [2.75, 3.05) is 79.3 Å². The van der Waals surface area contributed by atoms with Crippen LogP contribution in [-0.4, -0.2) is 113 Å². The zero-order chi connectivity index (χ0) is 31.4. The summed E-state index contributed by atoms with van der Waals surface area (Å²) >= 11 is 0. The molecule has 0 amide bonds. The minimum absolute atomic E-state index is 0.181. The van der Waals surface area contributed by atoms with E-state index < -0.39 is 23.3 Å². The molecule has 0 aliphatic heterocycles. The first kappa shape index (κ1) is 40.5. The van der Waals surface area contributed by atoms with Gasteiger partial charge < -0.3 is 43.7 Å². The normalized spacial score (nSPS) is 11.0. The molecule has 0 aliphatic rings. The number of ether oxygens (including phenoxy) is 6. The predicted molar refractivity (Wildman–Crippen MR) is 152 cm³/mol. The number of carbonyl (C=O) groups is 3. The minimum atomic E-state index is -0.708. The van der Waals surface area contributed by atoms with Gasteiger partial charge in [-0.2, -0.15) is 0 Å². The van der Waals surface area contributed by atoms with E-state index in [1.165, 1.54) is 0 Å². The Bertz CT molecular complexity index is 646. The first-order valence-corrected chi connectivity index (χ1v) is 13.5. The van der Waals surface area contributed by atoms with E-state index in [2.05, 4.69) is 19.7 Å². The molecule has 0 saturated carbocycles. The van der Waals surface area contributed by atoms with Gasteiger partial charge in [-0.15, -0.1) is 0 Å². The number of rotatable bonds is 25. The van der Waals surface area contributed by atoms with E-state index >= 15 is 0 Å². The van der Waals surface area contributed by atoms with Gasteiger partial charge >= 0.3 is 17.9 Å². The van der Waals surface area contributed by atoms with E-state index in [1.807, 2.05) is 6.92 Å². The summed E-state index contributed by atoms with van der Waals surface area (Å²) < 4.78 is 32.2. The van der Waals surface area contributed by atoms with E-state index in [0.717, 1.165) is 24.6 Å². The maximum absolute atomic E-state index is 11.1. The van der Waals surface area contributed by atoms with Crippen molar-refractivity contribution in [1.82, 2.24) is 0 Å². The van der Waals surface area contributed by atoms with Crippen LogP contribution in [0.3, 0.4) is 0 Å². The molecular formula is C29H50O12. The van der Waals surface area contributed by atoms with Gasteiger partial charge in [-0.1, -0.05) is 33.6 Å². The van der Waals surface area contributed by atoms with Crippen LogP contribution in [-0.2, 0) is 42.8 Å². The summed E-state index contributed by atoms with van der Waals surface area (Å²) in [5.74, 6) is -1.38. The lowest BCUT2D eigenvalue weighted by atomic mass is 9.88. The largest absolute Gasteiger partial charge is 0.462 e. The summed E-state index contributed by atoms with van der Waals surface area (Å²) in [6.07, 6.45) is 5.78. The molecule has 12 heteroatoms. The smallest absolute Gasteiger partial charge is 0.330 e. The third kappa shape index (κ3) is 22.7. The maximum Gasteiger partial charge on any atom is 0.330 e. The molecule has 12 nitrogen and oxygen atoms in total. The Hall–Kier alpha value is -2.61. The molecule has 0 unspecified atom stereocenters. The summed E-state index contributed by atoms with van der Waals surface area (Å²) in [6.45, 7) is 16.3. The summed E-state index contributed by atoms with van der Waals surface area (Å²) in [5.41, 5.74) is -1.09. The van der Waals surface area contributed by atoms with Crippen molar-refractivity contribution in [3.8, 4) is 0 Å². The Labute approximate surface area is 243 Å². The molecule has 0 atom stereocenters. The fourth-order valence-corrected chi connectivity index (χ4v) is 2.63. The number of aliphatic hydroxyl groups excluding tert-OH is 3. The highest BCUT2D eigenvalue weighted by atomic mass is 16.5. The van der Waals surface area contributed by atoms with Crippen molar-refractivity contribution in [3.63, 3.8) is 0 Å². The lowest BCUT2D eigenvalue weighted by molar-refractivity contribution is -0.139. The van der Waals surface area contributed by atoms with Crippen LogP contribution < -0.4 is 0 Å². The quantitative estimate of drug-likeness (QED) is 0.0611. The Kier molecular flexibility index (Phi) is 26.0. The molecule has 0 aromatic carbocycles. The second-order valence-electron chi connectivity index (χ2n) is 9.47. The highest BCUT2D eigenvalue weighted by Gasteiger charge is 2.30. The molecule has 0 bridgehead atoms. The number of carbonyl (C=O) groups excluding carboxylic acids is 3. The SMILES string of the molecule is C=CC(=O)OCCCOCC(CC)(COCCCOC(=O)C=C)COCCCOC(=O)C=C.CC(CO)(CO)CO. The van der Waals surface area contributed by atoms with E-state index in [-0.39, 0.29) is 45.1 Å². The molecule has 0 saturated heterocycles. The van der Waals surface area contributed by atoms with Gasteiger partial charge in [0.05, 0.1) is 59.5 Å². The van der Waals surface area contributed by atoms with Crippen molar-refractivity contribution >= 4 is 17.9 Å². The number of hydrogen-bond acceptors (Lipinski definition) is 12. The van der Waals surface area contributed by atoms with Gasteiger partial charge in [0.1, 0.15) is 0 Å². The van der Waals surface area contributed by atoms with E-state index in [9.17, 15) is 14.4 Å². The first-order valence-electron chi connectivity index (χ1n) is 13.5. The fraction of sp³-hybridized carbons (Fsp3) is 0.690. The number of esters is 3. The average Bonchev–Trinajstić information content (AvgIpc) is 3.00. The molecule has 0 rings (SSSR count). The molecule has 0 radical (unpaired) electrons. The molecule has 0 heterocycles. The highest BCUT2D eigenvalue weighted by Crippen LogP contribution is 2.24. The standard InChI is InChI=1S/C24H38O9.C5H12O3/c1-5-21(25)31-15-9-12-28-18-24(8-4,19-29-13-10-16-32-22(26)6-2)20-30-14-11-17-33-23(27)7-3;1-5(2-6,3-7)4-8/h5-7H,1-3,8-20H2,4H3;6-8H,2-4H2,1H3. The van der Waals surface area contributed by atoms with Crippen molar-refractivity contribution in [2.45, 2.75) is 39.5 Å². The highest BCUT2D eigenvalue weighted by molar-refractivity contribution is 5.81. The molecule has 0 fully saturated rings. The summed E-state index contributed by atoms with van der Waals surface area (Å²) in [7, 11) is 0. The zero-order valence-electron chi connectivity index (χ0n) is 24.7. The molecule has 0 spiro atoms. The Morgan fingerprint density at radius 2 is 0.902 bits per heavy atom. The van der Waals surface area contributed by atoms with Crippen LogP contribution in [0.15, 0.2) is 38.0 Å². The third-order valence-corrected chi connectivity index (χ3v) is 5.65. The first-order chi connectivity index (χ1) is 19.6. The Balaban J connectivity index is 0. The van der Waals surface area contributed by atoms with Gasteiger partial charge in [0, 0.05) is 68.1 Å². The zero-order valence-corrected chi connectivity index (χ0v) is 24.7. The molecular weight excluding hydrogens is 540 g/mol. The molecule has 41 heavy (non-hydrogen) atoms. The van der Waals surface area contributed by atoms with E-state index in [4.69, 9.17) is 43.7 Å². The topological polar surface area (TPSA) is 167 Å². The predicted octanol–water partition coefficient (Wildman–Crippen LogP) is 1.76. The molecule has 3 N–H and O–H groups in total. The van der Waals surface area contributed by atoms with Gasteiger partial charge in [0.15, 0.2) is 0 Å². The van der Waals surface area contributed by atoms with Crippen LogP contribution >= 0.6 is 0 Å². The summed E-state index contributed by atoms with van der Waals surface area (Å²) in [4.78, 5) is 33.2. The van der Waals surface area contributed by atoms with Crippen LogP contribution in [0.1, 0.15) is 39.5 Å². The van der Waals surface area contributed by atoms with Gasteiger partial charge in [-0.05, 0) is 6.42 Å². The van der Waals surface area contributed by atoms with Gasteiger partial charge in [0.25, 0.3) is 0 Å². The Morgan fingerprint density at radius 1 is 0.610 bits per heavy atom. The van der Waals surface area contributed by atoms with Crippen LogP contribution in [0.4, 0.5) is 0 Å². The second-order valence-corrected chi connectivity index (χ2v) is 9.47. The van der Waals surface area contributed by atoms with Crippen LogP contribution in [0, 0.1) is 10.8 Å². The average molecular weight is 591 g/mol. The van der Waals surface area contributed by atoms with Crippen molar-refractivity contribution < 1.29 is 58.1 Å². The van der Waals surface area contributed by atoms with E-state index in [0.29, 0.717) is 58.9 Å². The van der Waals surface area contributed by atoms with Crippen LogP contribution in [0.2, 0.25) is 0 Å². The molecule has 0 aromatic heterocycles. The molecule has 0 aliphatic carbocycles. The van der Waals surface area contributed by atoms with Gasteiger partial charge in [0.2, 0.25) is 0 Å². The van der Waals surface area contributed by atoms with Gasteiger partial charge in [-0.3, -0.25) is 0 Å². The third-order valence-electron chi connectivity index (χ3n) is 5.65. The van der Waals surface area contributed by atoms with Crippen LogP contribution in [0.25, 0.3) is 0 Å². The molecule has 0 aromatic rings. The van der Waals surface area contributed by atoms with Crippen molar-refractivity contribution in [3.05, 3.63) is 38.0 Å². The number of aliphatic hydroxyl groups is 3. The van der Waals surface area contributed by atoms with Crippen LogP contribution in [0.5, 0.6) is 0 Å². The van der Waals surface area contributed by atoms with Crippen molar-refractivity contribution in [1.29, 1.82) is 0 Å². The lowest BCUT2D eigenvalue weighted by Gasteiger charge is -2.32. The number of hydrogen-bond donors (Lipinski definition) is 3. The summed E-state index contributed by atoms with van der Waals surface area (Å²) in [6, 6.07) is 0. The second kappa shape index (κ2) is 26.3. The van der Waals surface area contributed by atoms with Crippen molar-refractivity contribution in [2.24, 2.45) is 10.8 Å². The molecule has 238 valence electrons. The maximum atomic E-state index is 11.1. The summed E-state index contributed by atoms with van der Waals surface area (Å²) in [5, 5.41) is 25.4.